The molecule has 122 valence electrons. The number of carbonyl (C=O) groups excluding carboxylic acids is 1. The number of anilines is 1. The molecule has 0 aliphatic heterocycles. The Hall–Kier alpha value is -0.820. The first-order valence-corrected chi connectivity index (χ1v) is 7.74. The van der Waals surface area contributed by atoms with Crippen molar-refractivity contribution in [1.29, 1.82) is 0 Å². The average Bonchev–Trinajstić information content (AvgIpc) is 2.40. The molecule has 3 N–H and O–H groups in total. The summed E-state index contributed by atoms with van der Waals surface area (Å²) in [5.41, 5.74) is 2.85. The highest BCUT2D eigenvalue weighted by Gasteiger charge is 2.34. The van der Waals surface area contributed by atoms with Crippen LogP contribution in [-0.4, -0.2) is 27.7 Å². The molecule has 1 aromatic rings. The van der Waals surface area contributed by atoms with Gasteiger partial charge in [-0.2, -0.15) is 0 Å². The van der Waals surface area contributed by atoms with Crippen LogP contribution in [0.1, 0.15) is 11.1 Å². The van der Waals surface area contributed by atoms with E-state index in [2.05, 4.69) is 16.0 Å². The minimum atomic E-state index is -1.90. The Bertz CT molecular complexity index is 566. The predicted octanol–water partition coefficient (Wildman–Crippen LogP) is 3.37. The van der Waals surface area contributed by atoms with E-state index in [1.807, 2.05) is 32.0 Å². The van der Waals surface area contributed by atoms with Gasteiger partial charge in [-0.1, -0.05) is 52.5 Å². The number of nitrogens with one attached hydrogen (secondary N) is 3. The van der Waals surface area contributed by atoms with E-state index >= 15 is 0 Å². The fourth-order valence-electron chi connectivity index (χ4n) is 1.64. The molecule has 1 atom stereocenters. The van der Waals surface area contributed by atoms with Gasteiger partial charge in [0.2, 0.25) is 3.79 Å². The van der Waals surface area contributed by atoms with Crippen LogP contribution in [0.5, 0.6) is 0 Å². The molecule has 0 aliphatic rings. The second-order valence-electron chi connectivity index (χ2n) is 4.59. The smallest absolute Gasteiger partial charge is 0.253 e. The van der Waals surface area contributed by atoms with E-state index in [0.29, 0.717) is 0 Å². The number of alkyl halides is 4. The maximum Gasteiger partial charge on any atom is 0.253 e. The summed E-state index contributed by atoms with van der Waals surface area (Å²) in [5, 5.41) is 7.89. The fourth-order valence-corrected chi connectivity index (χ4v) is 2.20. The molecular weight excluding hydrogens is 372 g/mol. The lowest BCUT2D eigenvalue weighted by molar-refractivity contribution is -0.122. The third-order valence-corrected chi connectivity index (χ3v) is 3.53. The van der Waals surface area contributed by atoms with E-state index < -0.39 is 22.5 Å². The van der Waals surface area contributed by atoms with Crippen molar-refractivity contribution in [2.75, 3.05) is 12.0 Å². The summed E-state index contributed by atoms with van der Waals surface area (Å²) in [6.45, 7) is 2.66. The minimum Gasteiger partial charge on any atom is -0.339 e. The third kappa shape index (κ3) is 6.12. The second kappa shape index (κ2) is 8.15. The molecule has 1 aromatic carbocycles. The summed E-state index contributed by atoms with van der Waals surface area (Å²) in [7, 11) is 0. The fraction of sp³-hybridized carbons (Fsp3) is 0.385. The van der Waals surface area contributed by atoms with E-state index in [-0.39, 0.29) is 5.11 Å². The normalized spacial score (nSPS) is 12.5. The van der Waals surface area contributed by atoms with Gasteiger partial charge in [0.1, 0.15) is 6.17 Å². The Morgan fingerprint density at radius 3 is 2.45 bits per heavy atom. The van der Waals surface area contributed by atoms with E-state index in [0.717, 1.165) is 16.8 Å². The molecule has 1 amide bonds. The summed E-state index contributed by atoms with van der Waals surface area (Å²) in [6, 6.07) is 5.74. The maximum absolute atomic E-state index is 12.3. The summed E-state index contributed by atoms with van der Waals surface area (Å²) < 4.78 is 10.4. The van der Waals surface area contributed by atoms with Gasteiger partial charge in [0.05, 0.1) is 0 Å². The van der Waals surface area contributed by atoms with Crippen LogP contribution < -0.4 is 16.0 Å². The number of hydrogen-bond acceptors (Lipinski definition) is 2. The van der Waals surface area contributed by atoms with Gasteiger partial charge in [0, 0.05) is 5.69 Å². The number of halogens is 4. The molecule has 1 rings (SSSR count). The van der Waals surface area contributed by atoms with E-state index in [1.54, 1.807) is 0 Å². The average molecular weight is 387 g/mol. The van der Waals surface area contributed by atoms with Crippen LogP contribution in [0.3, 0.4) is 0 Å². The summed E-state index contributed by atoms with van der Waals surface area (Å²) in [4.78, 5) is 11.1. The minimum absolute atomic E-state index is 0.127. The number of amides is 1. The maximum atomic E-state index is 12.3. The highest BCUT2D eigenvalue weighted by atomic mass is 35.6. The van der Waals surface area contributed by atoms with Crippen LogP contribution in [0.15, 0.2) is 18.2 Å². The summed E-state index contributed by atoms with van der Waals surface area (Å²) in [5.74, 6) is -0.918. The van der Waals surface area contributed by atoms with E-state index in [9.17, 15) is 9.18 Å². The number of carbonyl (C=O) groups is 1. The molecule has 0 aromatic heterocycles. The van der Waals surface area contributed by atoms with Crippen molar-refractivity contribution in [2.45, 2.75) is 23.8 Å². The summed E-state index contributed by atoms with van der Waals surface area (Å²) in [6.07, 6.45) is -1.17. The largest absolute Gasteiger partial charge is 0.339 e. The quantitative estimate of drug-likeness (QED) is 0.422. The van der Waals surface area contributed by atoms with Crippen molar-refractivity contribution in [3.63, 3.8) is 0 Å². The van der Waals surface area contributed by atoms with E-state index in [1.165, 1.54) is 0 Å². The van der Waals surface area contributed by atoms with Crippen molar-refractivity contribution in [2.24, 2.45) is 0 Å². The summed E-state index contributed by atoms with van der Waals surface area (Å²) >= 11 is 22.3. The SMILES string of the molecule is Cc1ccc(NC(=S)N[C@H](NC(=O)CF)C(Cl)(Cl)Cl)c(C)c1. The lowest BCUT2D eigenvalue weighted by atomic mass is 10.1. The van der Waals surface area contributed by atoms with Gasteiger partial charge in [0.25, 0.3) is 5.91 Å². The molecule has 0 unspecified atom stereocenters. The van der Waals surface area contributed by atoms with Gasteiger partial charge < -0.3 is 16.0 Å². The Labute approximate surface area is 148 Å². The van der Waals surface area contributed by atoms with Crippen LogP contribution in [0, 0.1) is 13.8 Å². The van der Waals surface area contributed by atoms with Crippen molar-refractivity contribution in [3.05, 3.63) is 29.3 Å². The topological polar surface area (TPSA) is 53.2 Å². The first-order valence-electron chi connectivity index (χ1n) is 6.20. The molecule has 0 fully saturated rings. The monoisotopic (exact) mass is 385 g/mol. The number of hydrogen-bond donors (Lipinski definition) is 3. The van der Waals surface area contributed by atoms with Crippen LogP contribution >= 0.6 is 47.0 Å². The van der Waals surface area contributed by atoms with Gasteiger partial charge in [-0.15, -0.1) is 0 Å². The number of aryl methyl sites for hydroxylation is 2. The van der Waals surface area contributed by atoms with Crippen LogP contribution in [0.2, 0.25) is 0 Å². The Morgan fingerprint density at radius 1 is 1.32 bits per heavy atom. The zero-order valence-electron chi connectivity index (χ0n) is 11.8. The van der Waals surface area contributed by atoms with Gasteiger partial charge in [0.15, 0.2) is 11.8 Å². The first kappa shape index (κ1) is 19.2. The van der Waals surface area contributed by atoms with Gasteiger partial charge in [-0.25, -0.2) is 4.39 Å². The van der Waals surface area contributed by atoms with Crippen molar-refractivity contribution >= 4 is 63.7 Å². The Morgan fingerprint density at radius 2 is 1.95 bits per heavy atom. The number of thiocarbonyl (C=S) groups is 1. The van der Waals surface area contributed by atoms with E-state index in [4.69, 9.17) is 47.0 Å². The first-order chi connectivity index (χ1) is 10.1. The van der Waals surface area contributed by atoms with Crippen LogP contribution in [0.4, 0.5) is 10.1 Å². The molecule has 0 aliphatic carbocycles. The Kier molecular flexibility index (Phi) is 7.12. The third-order valence-electron chi connectivity index (χ3n) is 2.66. The zero-order valence-corrected chi connectivity index (χ0v) is 14.9. The molecule has 0 saturated carbocycles. The van der Waals surface area contributed by atoms with Crippen LogP contribution in [0.25, 0.3) is 0 Å². The molecule has 9 heteroatoms. The Balaban J connectivity index is 2.76. The van der Waals surface area contributed by atoms with Gasteiger partial charge >= 0.3 is 0 Å². The molecule has 0 heterocycles. The molecule has 4 nitrogen and oxygen atoms in total. The standard InChI is InChI=1S/C13H15Cl3FN3OS/c1-7-3-4-9(8(2)5-7)18-12(22)20-11(13(14,15)16)19-10(21)6-17/h3-5,11H,6H2,1-2H3,(H,19,21)(H2,18,20,22)/t11-/m0/s1. The second-order valence-corrected chi connectivity index (χ2v) is 7.37. The molecule has 0 bridgehead atoms. The lowest BCUT2D eigenvalue weighted by Crippen LogP contribution is -2.56. The lowest BCUT2D eigenvalue weighted by Gasteiger charge is -2.27. The van der Waals surface area contributed by atoms with Crippen molar-refractivity contribution < 1.29 is 9.18 Å². The molecule has 0 saturated heterocycles. The van der Waals surface area contributed by atoms with Crippen molar-refractivity contribution in [3.8, 4) is 0 Å². The number of rotatable bonds is 4. The highest BCUT2D eigenvalue weighted by Crippen LogP contribution is 2.29. The number of benzene rings is 1. The van der Waals surface area contributed by atoms with Crippen molar-refractivity contribution in [1.82, 2.24) is 10.6 Å². The van der Waals surface area contributed by atoms with Gasteiger partial charge in [-0.3, -0.25) is 4.79 Å². The molecular formula is C13H15Cl3FN3OS. The molecule has 0 radical (unpaired) electrons. The van der Waals surface area contributed by atoms with Crippen LogP contribution in [-0.2, 0) is 4.79 Å². The van der Waals surface area contributed by atoms with Gasteiger partial charge in [-0.05, 0) is 37.7 Å². The zero-order chi connectivity index (χ0) is 16.9. The molecule has 22 heavy (non-hydrogen) atoms. The predicted molar refractivity (Wildman–Crippen MR) is 93.5 cm³/mol. The highest BCUT2D eigenvalue weighted by molar-refractivity contribution is 7.80. The molecule has 0 spiro atoms.